The third-order valence-corrected chi connectivity index (χ3v) is 2.42. The van der Waals surface area contributed by atoms with Crippen LogP contribution in [-0.4, -0.2) is 22.5 Å². The first kappa shape index (κ1) is 11.9. The number of hydrogen-bond donors (Lipinski definition) is 2. The molecule has 1 aromatic carbocycles. The number of aromatic hydroxyl groups is 1. The minimum absolute atomic E-state index is 0.0315. The zero-order valence-electron chi connectivity index (χ0n) is 9.29. The molecule has 92 valence electrons. The SMILES string of the molecule is O=Cc1ccc(-c2cc(CC(=O)O)ccc2O)o1. The van der Waals surface area contributed by atoms with Crippen molar-refractivity contribution in [3.05, 3.63) is 41.7 Å². The van der Waals surface area contributed by atoms with Gasteiger partial charge in [-0.15, -0.1) is 0 Å². The second-order valence-corrected chi connectivity index (χ2v) is 3.74. The average Bonchev–Trinajstić information content (AvgIpc) is 2.79. The number of carbonyl (C=O) groups excluding carboxylic acids is 1. The van der Waals surface area contributed by atoms with Crippen molar-refractivity contribution in [2.75, 3.05) is 0 Å². The van der Waals surface area contributed by atoms with E-state index in [1.807, 2.05) is 0 Å². The van der Waals surface area contributed by atoms with E-state index in [1.165, 1.54) is 24.3 Å². The van der Waals surface area contributed by atoms with Crippen LogP contribution in [0.25, 0.3) is 11.3 Å². The van der Waals surface area contributed by atoms with Gasteiger partial charge in [-0.2, -0.15) is 0 Å². The number of hydrogen-bond acceptors (Lipinski definition) is 4. The summed E-state index contributed by atoms with van der Waals surface area (Å²) in [5, 5.41) is 18.4. The van der Waals surface area contributed by atoms with Gasteiger partial charge in [-0.1, -0.05) is 6.07 Å². The smallest absolute Gasteiger partial charge is 0.307 e. The van der Waals surface area contributed by atoms with Crippen LogP contribution in [0.1, 0.15) is 16.1 Å². The van der Waals surface area contributed by atoms with Crippen LogP contribution < -0.4 is 0 Å². The number of benzene rings is 1. The van der Waals surface area contributed by atoms with Crippen molar-refractivity contribution in [1.82, 2.24) is 0 Å². The van der Waals surface area contributed by atoms with Crippen molar-refractivity contribution in [2.24, 2.45) is 0 Å². The molecule has 5 nitrogen and oxygen atoms in total. The van der Waals surface area contributed by atoms with Gasteiger partial charge in [0.2, 0.25) is 0 Å². The normalized spacial score (nSPS) is 10.2. The van der Waals surface area contributed by atoms with Crippen LogP contribution in [0.15, 0.2) is 34.7 Å². The Balaban J connectivity index is 2.42. The maximum Gasteiger partial charge on any atom is 0.307 e. The molecule has 0 bridgehead atoms. The zero-order valence-corrected chi connectivity index (χ0v) is 9.29. The highest BCUT2D eigenvalue weighted by atomic mass is 16.4. The van der Waals surface area contributed by atoms with Crippen molar-refractivity contribution >= 4 is 12.3 Å². The molecule has 2 rings (SSSR count). The van der Waals surface area contributed by atoms with Crippen molar-refractivity contribution in [3.8, 4) is 17.1 Å². The van der Waals surface area contributed by atoms with E-state index in [0.29, 0.717) is 23.2 Å². The molecule has 0 unspecified atom stereocenters. The van der Waals surface area contributed by atoms with Gasteiger partial charge in [-0.05, 0) is 29.8 Å². The molecule has 0 saturated carbocycles. The number of aliphatic carboxylic acids is 1. The summed E-state index contributed by atoms with van der Waals surface area (Å²) in [4.78, 5) is 21.1. The van der Waals surface area contributed by atoms with Crippen LogP contribution in [-0.2, 0) is 11.2 Å². The van der Waals surface area contributed by atoms with Gasteiger partial charge in [0.05, 0.1) is 12.0 Å². The summed E-state index contributed by atoms with van der Waals surface area (Å²) in [5.41, 5.74) is 0.904. The molecule has 0 radical (unpaired) electrons. The first-order chi connectivity index (χ1) is 8.60. The molecule has 0 atom stereocenters. The number of phenols is 1. The topological polar surface area (TPSA) is 87.7 Å². The Hall–Kier alpha value is -2.56. The molecule has 0 aliphatic carbocycles. The summed E-state index contributed by atoms with van der Waals surface area (Å²) >= 11 is 0. The number of rotatable bonds is 4. The Morgan fingerprint density at radius 1 is 1.28 bits per heavy atom. The standard InChI is InChI=1S/C13H10O5/c14-7-9-2-4-12(18-9)10-5-8(6-13(16)17)1-3-11(10)15/h1-5,7,15H,6H2,(H,16,17). The first-order valence-electron chi connectivity index (χ1n) is 5.19. The van der Waals surface area contributed by atoms with Gasteiger partial charge in [-0.3, -0.25) is 9.59 Å². The summed E-state index contributed by atoms with van der Waals surface area (Å²) in [6.07, 6.45) is 0.413. The lowest BCUT2D eigenvalue weighted by Crippen LogP contribution is -1.99. The number of carboxylic acid groups (broad SMARTS) is 1. The first-order valence-corrected chi connectivity index (χ1v) is 5.19. The second kappa shape index (κ2) is 4.75. The van der Waals surface area contributed by atoms with Crippen molar-refractivity contribution in [3.63, 3.8) is 0 Å². The molecule has 0 aliphatic heterocycles. The predicted octanol–water partition coefficient (Wildman–Crippen LogP) is 2.09. The van der Waals surface area contributed by atoms with E-state index in [4.69, 9.17) is 9.52 Å². The molecule has 0 fully saturated rings. The Morgan fingerprint density at radius 3 is 2.67 bits per heavy atom. The summed E-state index contributed by atoms with van der Waals surface area (Å²) in [7, 11) is 0. The molecular weight excluding hydrogens is 236 g/mol. The molecule has 0 saturated heterocycles. The molecule has 0 spiro atoms. The van der Waals surface area contributed by atoms with E-state index < -0.39 is 5.97 Å². The third kappa shape index (κ3) is 2.40. The minimum atomic E-state index is -0.959. The number of aldehydes is 1. The third-order valence-electron chi connectivity index (χ3n) is 2.42. The Labute approximate surface area is 102 Å². The van der Waals surface area contributed by atoms with Gasteiger partial charge >= 0.3 is 5.97 Å². The lowest BCUT2D eigenvalue weighted by molar-refractivity contribution is -0.136. The van der Waals surface area contributed by atoms with Crippen LogP contribution in [0.2, 0.25) is 0 Å². The number of carboxylic acids is 1. The highest BCUT2D eigenvalue weighted by Gasteiger charge is 2.11. The molecule has 1 heterocycles. The molecular formula is C13H10O5. The Morgan fingerprint density at radius 2 is 2.06 bits per heavy atom. The largest absolute Gasteiger partial charge is 0.507 e. The summed E-state index contributed by atoms with van der Waals surface area (Å²) < 4.78 is 5.18. The van der Waals surface area contributed by atoms with E-state index >= 15 is 0 Å². The van der Waals surface area contributed by atoms with Crippen LogP contribution >= 0.6 is 0 Å². The predicted molar refractivity (Wildman–Crippen MR) is 62.5 cm³/mol. The van der Waals surface area contributed by atoms with Gasteiger partial charge in [0, 0.05) is 0 Å². The fourth-order valence-electron chi connectivity index (χ4n) is 1.63. The van der Waals surface area contributed by atoms with Crippen molar-refractivity contribution in [2.45, 2.75) is 6.42 Å². The molecule has 1 aromatic heterocycles. The fourth-order valence-corrected chi connectivity index (χ4v) is 1.63. The number of furan rings is 1. The molecule has 2 aromatic rings. The van der Waals surface area contributed by atoms with Gasteiger partial charge < -0.3 is 14.6 Å². The summed E-state index contributed by atoms with van der Waals surface area (Å²) in [6, 6.07) is 7.47. The molecule has 2 N–H and O–H groups in total. The van der Waals surface area contributed by atoms with Gasteiger partial charge in [0.25, 0.3) is 0 Å². The van der Waals surface area contributed by atoms with Gasteiger partial charge in [0.15, 0.2) is 12.0 Å². The maximum atomic E-state index is 10.6. The molecule has 18 heavy (non-hydrogen) atoms. The average molecular weight is 246 g/mol. The Kier molecular flexibility index (Phi) is 3.14. The lowest BCUT2D eigenvalue weighted by atomic mass is 10.1. The molecule has 0 aliphatic rings. The van der Waals surface area contributed by atoms with Crippen LogP contribution in [0, 0.1) is 0 Å². The van der Waals surface area contributed by atoms with Crippen molar-refractivity contribution < 1.29 is 24.2 Å². The monoisotopic (exact) mass is 246 g/mol. The zero-order chi connectivity index (χ0) is 13.1. The quantitative estimate of drug-likeness (QED) is 0.806. The van der Waals surface area contributed by atoms with Crippen LogP contribution in [0.3, 0.4) is 0 Å². The maximum absolute atomic E-state index is 10.6. The van der Waals surface area contributed by atoms with E-state index in [1.54, 1.807) is 6.07 Å². The molecule has 0 amide bonds. The van der Waals surface area contributed by atoms with Gasteiger partial charge in [0.1, 0.15) is 11.5 Å². The van der Waals surface area contributed by atoms with E-state index in [2.05, 4.69) is 0 Å². The van der Waals surface area contributed by atoms with Crippen LogP contribution in [0.5, 0.6) is 5.75 Å². The van der Waals surface area contributed by atoms with Crippen LogP contribution in [0.4, 0.5) is 0 Å². The fraction of sp³-hybridized carbons (Fsp3) is 0.0769. The summed E-state index contributed by atoms with van der Waals surface area (Å²) in [5.74, 6) is -0.523. The van der Waals surface area contributed by atoms with Gasteiger partial charge in [-0.25, -0.2) is 0 Å². The number of phenolic OH excluding ortho intramolecular Hbond substituents is 1. The molecule has 5 heteroatoms. The van der Waals surface area contributed by atoms with E-state index in [9.17, 15) is 14.7 Å². The van der Waals surface area contributed by atoms with E-state index in [0.717, 1.165) is 0 Å². The van der Waals surface area contributed by atoms with Crippen molar-refractivity contribution in [1.29, 1.82) is 0 Å². The summed E-state index contributed by atoms with van der Waals surface area (Å²) in [6.45, 7) is 0. The number of carbonyl (C=O) groups is 2. The highest BCUT2D eigenvalue weighted by Crippen LogP contribution is 2.31. The van der Waals surface area contributed by atoms with E-state index in [-0.39, 0.29) is 17.9 Å². The lowest BCUT2D eigenvalue weighted by Gasteiger charge is -2.04. The Bertz CT molecular complexity index is 597. The minimum Gasteiger partial charge on any atom is -0.507 e. The highest BCUT2D eigenvalue weighted by molar-refractivity contribution is 5.75. The second-order valence-electron chi connectivity index (χ2n) is 3.74.